The summed E-state index contributed by atoms with van der Waals surface area (Å²) >= 11 is 0. The molecule has 0 radical (unpaired) electrons. The van der Waals surface area contributed by atoms with E-state index in [4.69, 9.17) is 0 Å². The Morgan fingerprint density at radius 2 is 2.18 bits per heavy atom. The average Bonchev–Trinajstić information content (AvgIpc) is 2.30. The molecule has 0 aliphatic heterocycles. The van der Waals surface area contributed by atoms with E-state index in [0.29, 0.717) is 6.42 Å². The van der Waals surface area contributed by atoms with Crippen molar-refractivity contribution in [3.8, 4) is 0 Å². The van der Waals surface area contributed by atoms with Gasteiger partial charge in [-0.25, -0.2) is 0 Å². The third-order valence-corrected chi connectivity index (χ3v) is 5.16. The summed E-state index contributed by atoms with van der Waals surface area (Å²) in [6, 6.07) is 0. The summed E-state index contributed by atoms with van der Waals surface area (Å²) in [5, 5.41) is 20.2. The zero-order valence-electron chi connectivity index (χ0n) is 10.8. The molecule has 3 atom stereocenters. The Labute approximate surface area is 104 Å². The minimum Gasteiger partial charge on any atom is -0.392 e. The average molecular weight is 236 g/mol. The fourth-order valence-electron chi connectivity index (χ4n) is 3.68. The van der Waals surface area contributed by atoms with Crippen LogP contribution in [0.3, 0.4) is 0 Å². The van der Waals surface area contributed by atoms with Crippen molar-refractivity contribution < 1.29 is 10.2 Å². The lowest BCUT2D eigenvalue weighted by Crippen LogP contribution is -2.54. The summed E-state index contributed by atoms with van der Waals surface area (Å²) in [6.07, 6.45) is 5.90. The summed E-state index contributed by atoms with van der Waals surface area (Å²) in [5.74, 6) is 0.243. The van der Waals surface area contributed by atoms with Gasteiger partial charge in [0.2, 0.25) is 0 Å². The number of aliphatic hydroxyl groups is 2. The first-order valence-electron chi connectivity index (χ1n) is 6.62. The van der Waals surface area contributed by atoms with Gasteiger partial charge in [0.15, 0.2) is 0 Å². The highest BCUT2D eigenvalue weighted by atomic mass is 16.3. The molecule has 0 spiro atoms. The molecular weight excluding hydrogens is 212 g/mol. The normalized spacial score (nSPS) is 42.1. The van der Waals surface area contributed by atoms with E-state index in [1.54, 1.807) is 0 Å². The number of hydrogen-bond acceptors (Lipinski definition) is 2. The van der Waals surface area contributed by atoms with Gasteiger partial charge < -0.3 is 10.2 Å². The third kappa shape index (κ3) is 1.88. The van der Waals surface area contributed by atoms with Crippen molar-refractivity contribution in [1.29, 1.82) is 0 Å². The van der Waals surface area contributed by atoms with Gasteiger partial charge in [0, 0.05) is 5.41 Å². The number of hydrogen-bond donors (Lipinski definition) is 2. The van der Waals surface area contributed by atoms with E-state index in [-0.39, 0.29) is 17.9 Å². The lowest BCUT2D eigenvalue weighted by atomic mass is 9.53. The second kappa shape index (κ2) is 4.25. The first-order valence-corrected chi connectivity index (χ1v) is 6.62. The number of aliphatic hydroxyl groups excluding tert-OH is 1. The predicted octanol–water partition coefficient (Wildman–Crippen LogP) is 2.81. The second-order valence-electron chi connectivity index (χ2n) is 6.13. The molecule has 0 bridgehead atoms. The number of rotatable bonds is 2. The molecule has 2 aliphatic carbocycles. The maximum atomic E-state index is 11.0. The lowest BCUT2D eigenvalue weighted by Gasteiger charge is -2.55. The molecular formula is C15H24O2. The lowest BCUT2D eigenvalue weighted by molar-refractivity contribution is -0.107. The summed E-state index contributed by atoms with van der Waals surface area (Å²) in [5.41, 5.74) is 1.08. The van der Waals surface area contributed by atoms with Crippen LogP contribution in [0.15, 0.2) is 24.3 Å². The van der Waals surface area contributed by atoms with E-state index in [9.17, 15) is 10.2 Å². The quantitative estimate of drug-likeness (QED) is 0.724. The van der Waals surface area contributed by atoms with Gasteiger partial charge in [0.1, 0.15) is 0 Å². The molecule has 2 fully saturated rings. The van der Waals surface area contributed by atoms with Crippen LogP contribution in [0.4, 0.5) is 0 Å². The summed E-state index contributed by atoms with van der Waals surface area (Å²) in [7, 11) is 0. The van der Waals surface area contributed by atoms with Crippen molar-refractivity contribution in [1.82, 2.24) is 0 Å². The second-order valence-corrected chi connectivity index (χ2v) is 6.13. The van der Waals surface area contributed by atoms with Crippen LogP contribution in [-0.4, -0.2) is 22.4 Å². The van der Waals surface area contributed by atoms with E-state index in [1.165, 1.54) is 0 Å². The standard InChI is InChI=1S/C15H24O2/c1-11(10-16)13-6-8-14(3)7-4-5-12(2)15(14,17)9-13/h13,16-17H,1-2,4-10H2,3H3. The zero-order chi connectivity index (χ0) is 12.7. The molecule has 2 saturated carbocycles. The molecule has 0 heterocycles. The van der Waals surface area contributed by atoms with Gasteiger partial charge in [-0.05, 0) is 55.6 Å². The third-order valence-electron chi connectivity index (χ3n) is 5.16. The van der Waals surface area contributed by atoms with Gasteiger partial charge in [-0.1, -0.05) is 20.1 Å². The summed E-state index contributed by atoms with van der Waals surface area (Å²) in [6.45, 7) is 10.2. The van der Waals surface area contributed by atoms with Crippen molar-refractivity contribution in [2.45, 2.75) is 51.0 Å². The number of fused-ring (bicyclic) bond motifs is 1. The monoisotopic (exact) mass is 236 g/mol. The minimum absolute atomic E-state index is 0.0193. The fraction of sp³-hybridized carbons (Fsp3) is 0.733. The molecule has 2 aliphatic rings. The Morgan fingerprint density at radius 3 is 2.82 bits per heavy atom. The highest BCUT2D eigenvalue weighted by Crippen LogP contribution is 2.56. The molecule has 2 rings (SSSR count). The van der Waals surface area contributed by atoms with Crippen LogP contribution in [0.2, 0.25) is 0 Å². The van der Waals surface area contributed by atoms with Crippen LogP contribution >= 0.6 is 0 Å². The summed E-state index contributed by atoms with van der Waals surface area (Å²) < 4.78 is 0. The van der Waals surface area contributed by atoms with Gasteiger partial charge in [-0.15, -0.1) is 0 Å². The van der Waals surface area contributed by atoms with Crippen molar-refractivity contribution in [2.75, 3.05) is 6.61 Å². The van der Waals surface area contributed by atoms with Crippen molar-refractivity contribution in [3.63, 3.8) is 0 Å². The summed E-state index contributed by atoms with van der Waals surface area (Å²) in [4.78, 5) is 0. The van der Waals surface area contributed by atoms with E-state index in [2.05, 4.69) is 20.1 Å². The SMILES string of the molecule is C=C(CO)C1CCC2(C)CCCC(=C)C2(O)C1. The molecule has 0 aromatic rings. The molecule has 2 nitrogen and oxygen atoms in total. The Bertz CT molecular complexity index is 347. The molecule has 3 unspecified atom stereocenters. The molecule has 2 N–H and O–H groups in total. The Balaban J connectivity index is 2.25. The van der Waals surface area contributed by atoms with E-state index in [0.717, 1.165) is 43.3 Å². The Hall–Kier alpha value is -0.600. The molecule has 0 saturated heterocycles. The molecule has 96 valence electrons. The predicted molar refractivity (Wildman–Crippen MR) is 69.6 cm³/mol. The van der Waals surface area contributed by atoms with Gasteiger partial charge in [-0.3, -0.25) is 0 Å². The smallest absolute Gasteiger partial charge is 0.0913 e. The first-order chi connectivity index (χ1) is 7.93. The van der Waals surface area contributed by atoms with Crippen LogP contribution < -0.4 is 0 Å². The molecule has 0 aromatic heterocycles. The van der Waals surface area contributed by atoms with E-state index in [1.807, 2.05) is 0 Å². The minimum atomic E-state index is -0.744. The van der Waals surface area contributed by atoms with Crippen molar-refractivity contribution >= 4 is 0 Å². The highest BCUT2D eigenvalue weighted by Gasteiger charge is 2.53. The van der Waals surface area contributed by atoms with Crippen molar-refractivity contribution in [3.05, 3.63) is 24.3 Å². The molecule has 17 heavy (non-hydrogen) atoms. The largest absolute Gasteiger partial charge is 0.392 e. The fourth-order valence-corrected chi connectivity index (χ4v) is 3.68. The van der Waals surface area contributed by atoms with Gasteiger partial charge in [-0.2, -0.15) is 0 Å². The van der Waals surface area contributed by atoms with Gasteiger partial charge >= 0.3 is 0 Å². The van der Waals surface area contributed by atoms with Crippen LogP contribution in [0.25, 0.3) is 0 Å². The van der Waals surface area contributed by atoms with Gasteiger partial charge in [0.05, 0.1) is 12.2 Å². The maximum Gasteiger partial charge on any atom is 0.0913 e. The first kappa shape index (κ1) is 12.8. The highest BCUT2D eigenvalue weighted by molar-refractivity contribution is 5.25. The van der Waals surface area contributed by atoms with Crippen LogP contribution in [0.1, 0.15) is 45.4 Å². The topological polar surface area (TPSA) is 40.5 Å². The Morgan fingerprint density at radius 1 is 1.47 bits per heavy atom. The van der Waals surface area contributed by atoms with Crippen LogP contribution in [0.5, 0.6) is 0 Å². The van der Waals surface area contributed by atoms with Crippen LogP contribution in [0, 0.1) is 11.3 Å². The molecule has 0 aromatic carbocycles. The maximum absolute atomic E-state index is 11.0. The molecule has 0 amide bonds. The van der Waals surface area contributed by atoms with E-state index >= 15 is 0 Å². The van der Waals surface area contributed by atoms with Crippen LogP contribution in [-0.2, 0) is 0 Å². The van der Waals surface area contributed by atoms with Crippen molar-refractivity contribution in [2.24, 2.45) is 11.3 Å². The van der Waals surface area contributed by atoms with E-state index < -0.39 is 5.60 Å². The zero-order valence-corrected chi connectivity index (χ0v) is 10.8. The Kier molecular flexibility index (Phi) is 3.21. The van der Waals surface area contributed by atoms with Gasteiger partial charge in [0.25, 0.3) is 0 Å². The molecule has 2 heteroatoms.